The van der Waals surface area contributed by atoms with E-state index in [0.29, 0.717) is 6.04 Å². The Morgan fingerprint density at radius 2 is 2.22 bits per heavy atom. The molecule has 1 aromatic heterocycles. The van der Waals surface area contributed by atoms with Crippen LogP contribution in [0.3, 0.4) is 0 Å². The Hall–Kier alpha value is -1.56. The highest BCUT2D eigenvalue weighted by Gasteiger charge is 2.29. The van der Waals surface area contributed by atoms with Gasteiger partial charge >= 0.3 is 5.97 Å². The third-order valence-corrected chi connectivity index (χ3v) is 3.30. The van der Waals surface area contributed by atoms with Crippen molar-refractivity contribution in [1.82, 2.24) is 10.1 Å². The van der Waals surface area contributed by atoms with Crippen molar-refractivity contribution in [1.29, 1.82) is 0 Å². The van der Waals surface area contributed by atoms with E-state index >= 15 is 0 Å². The van der Waals surface area contributed by atoms with Crippen LogP contribution >= 0.6 is 0 Å². The quantitative estimate of drug-likeness (QED) is 0.880. The van der Waals surface area contributed by atoms with Crippen molar-refractivity contribution in [2.45, 2.75) is 37.8 Å². The van der Waals surface area contributed by atoms with Crippen LogP contribution in [0.4, 0.5) is 0 Å². The molecule has 0 bridgehead atoms. The zero-order valence-electron chi connectivity index (χ0n) is 10.6. The van der Waals surface area contributed by atoms with Crippen molar-refractivity contribution >= 4 is 5.97 Å². The zero-order chi connectivity index (χ0) is 13.1. The molecule has 1 heterocycles. The lowest BCUT2D eigenvalue weighted by molar-refractivity contribution is 0.0557. The topological polar surface area (TPSA) is 75.8 Å². The smallest absolute Gasteiger partial charge is 0.374 e. The molecule has 0 spiro atoms. The van der Waals surface area contributed by atoms with E-state index in [0.717, 1.165) is 19.3 Å². The summed E-state index contributed by atoms with van der Waals surface area (Å²) in [7, 11) is 4.05. The first-order valence-corrected chi connectivity index (χ1v) is 6.11. The van der Waals surface area contributed by atoms with Gasteiger partial charge in [0.25, 0.3) is 5.88 Å². The molecule has 100 valence electrons. The lowest BCUT2D eigenvalue weighted by atomic mass is 9.92. The number of carbonyl (C=O) groups is 1. The number of aromatic nitrogens is 1. The summed E-state index contributed by atoms with van der Waals surface area (Å²) in [6.07, 6.45) is 4.40. The van der Waals surface area contributed by atoms with Gasteiger partial charge in [0.2, 0.25) is 5.76 Å². The van der Waals surface area contributed by atoms with Gasteiger partial charge in [0.1, 0.15) is 6.10 Å². The Bertz CT molecular complexity index is 416. The van der Waals surface area contributed by atoms with Crippen molar-refractivity contribution < 1.29 is 19.2 Å². The Labute approximate surface area is 106 Å². The van der Waals surface area contributed by atoms with Crippen LogP contribution in [0.15, 0.2) is 10.6 Å². The number of rotatable bonds is 4. The van der Waals surface area contributed by atoms with Crippen LogP contribution in [0.5, 0.6) is 5.88 Å². The minimum Gasteiger partial charge on any atom is -0.475 e. The van der Waals surface area contributed by atoms with Crippen molar-refractivity contribution in [2.75, 3.05) is 14.1 Å². The minimum absolute atomic E-state index is 0.0421. The lowest BCUT2D eigenvalue weighted by Gasteiger charge is -2.35. The van der Waals surface area contributed by atoms with Crippen molar-refractivity contribution in [3.8, 4) is 5.88 Å². The van der Waals surface area contributed by atoms with E-state index in [4.69, 9.17) is 9.84 Å². The predicted molar refractivity (Wildman–Crippen MR) is 63.8 cm³/mol. The molecule has 1 N–H and O–H groups in total. The summed E-state index contributed by atoms with van der Waals surface area (Å²) in [5.41, 5.74) is 0. The SMILES string of the molecule is CN(C)[C@@H]1CCCC[C@H]1Oc1cc(C(=O)O)on1. The zero-order valence-corrected chi connectivity index (χ0v) is 10.6. The highest BCUT2D eigenvalue weighted by atomic mass is 16.6. The highest BCUT2D eigenvalue weighted by Crippen LogP contribution is 2.26. The van der Waals surface area contributed by atoms with Crippen LogP contribution in [0.2, 0.25) is 0 Å². The van der Waals surface area contributed by atoms with Crippen LogP contribution in [0.25, 0.3) is 0 Å². The summed E-state index contributed by atoms with van der Waals surface area (Å²) in [5.74, 6) is -1.07. The van der Waals surface area contributed by atoms with Crippen molar-refractivity contribution in [3.05, 3.63) is 11.8 Å². The number of nitrogens with zero attached hydrogens (tertiary/aromatic N) is 2. The molecule has 2 atom stereocenters. The van der Waals surface area contributed by atoms with E-state index in [1.807, 2.05) is 14.1 Å². The molecule has 1 fully saturated rings. The summed E-state index contributed by atoms with van der Waals surface area (Å²) in [6, 6.07) is 1.66. The summed E-state index contributed by atoms with van der Waals surface area (Å²) in [6.45, 7) is 0. The largest absolute Gasteiger partial charge is 0.475 e. The normalized spacial score (nSPS) is 24.2. The van der Waals surface area contributed by atoms with Gasteiger partial charge in [-0.25, -0.2) is 4.79 Å². The van der Waals surface area contributed by atoms with Crippen molar-refractivity contribution in [3.63, 3.8) is 0 Å². The second-order valence-electron chi connectivity index (χ2n) is 4.81. The fourth-order valence-corrected chi connectivity index (χ4v) is 2.38. The number of carboxylic acid groups (broad SMARTS) is 1. The fraction of sp³-hybridized carbons (Fsp3) is 0.667. The van der Waals surface area contributed by atoms with E-state index in [1.165, 1.54) is 12.5 Å². The first-order valence-electron chi connectivity index (χ1n) is 6.11. The molecule has 0 radical (unpaired) electrons. The van der Waals surface area contributed by atoms with Gasteiger partial charge in [-0.15, -0.1) is 0 Å². The van der Waals surface area contributed by atoms with Gasteiger partial charge in [-0.3, -0.25) is 0 Å². The summed E-state index contributed by atoms with van der Waals surface area (Å²) in [4.78, 5) is 12.8. The Morgan fingerprint density at radius 3 is 2.83 bits per heavy atom. The predicted octanol–water partition coefficient (Wildman–Crippen LogP) is 1.62. The maximum Gasteiger partial charge on any atom is 0.374 e. The summed E-state index contributed by atoms with van der Waals surface area (Å²) in [5, 5.41) is 12.4. The van der Waals surface area contributed by atoms with E-state index in [2.05, 4.69) is 14.6 Å². The van der Waals surface area contributed by atoms with Crippen LogP contribution < -0.4 is 4.74 Å². The van der Waals surface area contributed by atoms with E-state index in [9.17, 15) is 4.79 Å². The molecule has 1 aliphatic carbocycles. The van der Waals surface area contributed by atoms with Crippen LogP contribution in [-0.2, 0) is 0 Å². The maximum atomic E-state index is 10.7. The van der Waals surface area contributed by atoms with E-state index in [1.54, 1.807) is 0 Å². The van der Waals surface area contributed by atoms with Gasteiger partial charge < -0.3 is 19.3 Å². The second kappa shape index (κ2) is 5.39. The third-order valence-electron chi connectivity index (χ3n) is 3.30. The van der Waals surface area contributed by atoms with Crippen molar-refractivity contribution in [2.24, 2.45) is 0 Å². The molecule has 6 heteroatoms. The number of ether oxygens (including phenoxy) is 1. The molecule has 2 rings (SSSR count). The lowest BCUT2D eigenvalue weighted by Crippen LogP contribution is -2.44. The summed E-state index contributed by atoms with van der Waals surface area (Å²) < 4.78 is 10.4. The molecule has 18 heavy (non-hydrogen) atoms. The average molecular weight is 254 g/mol. The fourth-order valence-electron chi connectivity index (χ4n) is 2.38. The second-order valence-corrected chi connectivity index (χ2v) is 4.81. The number of aromatic carboxylic acids is 1. The highest BCUT2D eigenvalue weighted by molar-refractivity contribution is 5.84. The molecular weight excluding hydrogens is 236 g/mol. The number of likely N-dealkylation sites (N-methyl/N-ethyl adjacent to an activating group) is 1. The molecule has 1 aromatic rings. The van der Waals surface area contributed by atoms with Gasteiger partial charge in [-0.1, -0.05) is 6.42 Å². The monoisotopic (exact) mass is 254 g/mol. The number of hydrogen-bond acceptors (Lipinski definition) is 5. The first-order chi connectivity index (χ1) is 8.58. The van der Waals surface area contributed by atoms with E-state index in [-0.39, 0.29) is 17.7 Å². The number of hydrogen-bond donors (Lipinski definition) is 1. The molecule has 1 aliphatic rings. The van der Waals surface area contributed by atoms with Gasteiger partial charge in [-0.05, 0) is 38.5 Å². The molecule has 0 unspecified atom stereocenters. The number of carboxylic acids is 1. The van der Waals surface area contributed by atoms with Crippen LogP contribution in [-0.4, -0.2) is 47.4 Å². The minimum atomic E-state index is -1.13. The van der Waals surface area contributed by atoms with Gasteiger partial charge in [-0.2, -0.15) is 0 Å². The molecule has 0 aromatic carbocycles. The van der Waals surface area contributed by atoms with Gasteiger partial charge in [0, 0.05) is 6.04 Å². The van der Waals surface area contributed by atoms with Crippen LogP contribution in [0, 0.1) is 0 Å². The molecular formula is C12H18N2O4. The van der Waals surface area contributed by atoms with Gasteiger partial charge in [0.05, 0.1) is 6.07 Å². The Balaban J connectivity index is 2.03. The van der Waals surface area contributed by atoms with Crippen LogP contribution in [0.1, 0.15) is 36.2 Å². The molecule has 0 aliphatic heterocycles. The Morgan fingerprint density at radius 1 is 1.50 bits per heavy atom. The maximum absolute atomic E-state index is 10.7. The Kier molecular flexibility index (Phi) is 3.86. The molecule has 0 amide bonds. The third kappa shape index (κ3) is 2.81. The molecule has 1 saturated carbocycles. The first kappa shape index (κ1) is 12.9. The average Bonchev–Trinajstić information content (AvgIpc) is 2.78. The van der Waals surface area contributed by atoms with Gasteiger partial charge in [0.15, 0.2) is 0 Å². The van der Waals surface area contributed by atoms with E-state index < -0.39 is 5.97 Å². The summed E-state index contributed by atoms with van der Waals surface area (Å²) >= 11 is 0. The standard InChI is InChI=1S/C12H18N2O4/c1-14(2)8-5-3-4-6-9(8)17-11-7-10(12(15)16)18-13-11/h7-9H,3-6H2,1-2H3,(H,15,16)/t8-,9-/m1/s1. The molecule has 6 nitrogen and oxygen atoms in total. The molecule has 0 saturated heterocycles.